The van der Waals surface area contributed by atoms with Gasteiger partial charge < -0.3 is 5.32 Å². The number of benzene rings is 2. The van der Waals surface area contributed by atoms with Crippen molar-refractivity contribution in [3.05, 3.63) is 66.7 Å². The van der Waals surface area contributed by atoms with E-state index in [1.54, 1.807) is 4.68 Å². The number of rotatable bonds is 7. The molecule has 0 aliphatic heterocycles. The van der Waals surface area contributed by atoms with Gasteiger partial charge in [-0.3, -0.25) is 4.79 Å². The maximum atomic E-state index is 12.3. The zero-order valence-electron chi connectivity index (χ0n) is 14.5. The first-order valence-corrected chi connectivity index (χ1v) is 8.78. The number of carbonyl (C=O) groups excluding carboxylic acids is 1. The van der Waals surface area contributed by atoms with Crippen LogP contribution in [-0.2, 0) is 4.79 Å². The predicted molar refractivity (Wildman–Crippen MR) is 102 cm³/mol. The number of hydrogen-bond donors (Lipinski definition) is 1. The summed E-state index contributed by atoms with van der Waals surface area (Å²) in [5, 5.41) is 7.72. The fourth-order valence-electron chi connectivity index (χ4n) is 2.73. The molecule has 0 saturated heterocycles. The van der Waals surface area contributed by atoms with E-state index in [4.69, 9.17) is 5.10 Å². The number of amides is 1. The number of nitrogens with zero attached hydrogens (tertiary/aromatic N) is 2. The zero-order chi connectivity index (χ0) is 17.5. The molecule has 1 N–H and O–H groups in total. The topological polar surface area (TPSA) is 46.9 Å². The maximum Gasteiger partial charge on any atom is 0.225 e. The molecular weight excluding hydrogens is 310 g/mol. The summed E-state index contributed by atoms with van der Waals surface area (Å²) in [6.07, 6.45) is 3.62. The van der Waals surface area contributed by atoms with E-state index in [-0.39, 0.29) is 5.91 Å². The molecule has 25 heavy (non-hydrogen) atoms. The summed E-state index contributed by atoms with van der Waals surface area (Å²) in [7, 11) is 0. The minimum atomic E-state index is 0.0325. The molecule has 3 rings (SSSR count). The van der Waals surface area contributed by atoms with Crippen LogP contribution in [0.25, 0.3) is 16.9 Å². The maximum absolute atomic E-state index is 12.3. The standard InChI is InChI=1S/C21H23N3O/c1-2-3-6-15-21(25)22-20-16-19(17-11-7-4-8-12-17)23-24(20)18-13-9-5-10-14-18/h4-5,7-14,16H,2-3,6,15H2,1H3,(H,22,25). The van der Waals surface area contributed by atoms with Crippen LogP contribution in [0.15, 0.2) is 66.7 Å². The van der Waals surface area contributed by atoms with Crippen LogP contribution >= 0.6 is 0 Å². The quantitative estimate of drug-likeness (QED) is 0.614. The van der Waals surface area contributed by atoms with E-state index in [9.17, 15) is 4.79 Å². The molecule has 0 unspecified atom stereocenters. The molecule has 0 aliphatic rings. The van der Waals surface area contributed by atoms with Crippen LogP contribution in [0.4, 0.5) is 5.82 Å². The summed E-state index contributed by atoms with van der Waals surface area (Å²) >= 11 is 0. The van der Waals surface area contributed by atoms with Crippen LogP contribution in [0, 0.1) is 0 Å². The molecule has 0 atom stereocenters. The predicted octanol–water partition coefficient (Wildman–Crippen LogP) is 5.06. The van der Waals surface area contributed by atoms with Gasteiger partial charge in [-0.15, -0.1) is 0 Å². The van der Waals surface area contributed by atoms with E-state index in [2.05, 4.69) is 12.2 Å². The van der Waals surface area contributed by atoms with Crippen molar-refractivity contribution in [2.24, 2.45) is 0 Å². The Morgan fingerprint density at radius 1 is 1.00 bits per heavy atom. The molecule has 0 aliphatic carbocycles. The lowest BCUT2D eigenvalue weighted by atomic mass is 10.1. The monoisotopic (exact) mass is 333 g/mol. The van der Waals surface area contributed by atoms with Gasteiger partial charge in [-0.1, -0.05) is 68.3 Å². The summed E-state index contributed by atoms with van der Waals surface area (Å²) in [5.74, 6) is 0.733. The summed E-state index contributed by atoms with van der Waals surface area (Å²) in [5.41, 5.74) is 2.79. The second-order valence-corrected chi connectivity index (χ2v) is 6.03. The average molecular weight is 333 g/mol. The summed E-state index contributed by atoms with van der Waals surface area (Å²) in [4.78, 5) is 12.3. The SMILES string of the molecule is CCCCCC(=O)Nc1cc(-c2ccccc2)nn1-c1ccccc1. The van der Waals surface area contributed by atoms with Crippen molar-refractivity contribution in [3.63, 3.8) is 0 Å². The molecule has 0 fully saturated rings. The van der Waals surface area contributed by atoms with Crippen molar-refractivity contribution >= 4 is 11.7 Å². The molecule has 128 valence electrons. The fraction of sp³-hybridized carbons (Fsp3) is 0.238. The number of hydrogen-bond acceptors (Lipinski definition) is 2. The number of anilines is 1. The Morgan fingerprint density at radius 2 is 1.68 bits per heavy atom. The fourth-order valence-corrected chi connectivity index (χ4v) is 2.73. The van der Waals surface area contributed by atoms with Crippen molar-refractivity contribution in [1.82, 2.24) is 9.78 Å². The van der Waals surface area contributed by atoms with Crippen molar-refractivity contribution in [3.8, 4) is 16.9 Å². The Bertz CT molecular complexity index is 810. The Hall–Kier alpha value is -2.88. The molecule has 2 aromatic carbocycles. The van der Waals surface area contributed by atoms with E-state index >= 15 is 0 Å². The van der Waals surface area contributed by atoms with Crippen LogP contribution < -0.4 is 5.32 Å². The number of aromatic nitrogens is 2. The molecular formula is C21H23N3O. The van der Waals surface area contributed by atoms with Gasteiger partial charge in [0.2, 0.25) is 5.91 Å². The molecule has 4 nitrogen and oxygen atoms in total. The number of carbonyl (C=O) groups is 1. The number of para-hydroxylation sites is 1. The number of unbranched alkanes of at least 4 members (excludes halogenated alkanes) is 2. The Balaban J connectivity index is 1.89. The largest absolute Gasteiger partial charge is 0.311 e. The molecule has 1 aromatic heterocycles. The molecule has 0 radical (unpaired) electrons. The molecule has 4 heteroatoms. The van der Waals surface area contributed by atoms with Crippen molar-refractivity contribution in [1.29, 1.82) is 0 Å². The highest BCUT2D eigenvalue weighted by Gasteiger charge is 2.13. The van der Waals surface area contributed by atoms with Gasteiger partial charge in [0.25, 0.3) is 0 Å². The summed E-state index contributed by atoms with van der Waals surface area (Å²) in [6, 6.07) is 21.8. The lowest BCUT2D eigenvalue weighted by Gasteiger charge is -2.08. The van der Waals surface area contributed by atoms with Gasteiger partial charge in [-0.05, 0) is 18.6 Å². The van der Waals surface area contributed by atoms with E-state index in [0.29, 0.717) is 12.2 Å². The number of nitrogens with one attached hydrogen (secondary N) is 1. The third kappa shape index (κ3) is 4.35. The average Bonchev–Trinajstić information content (AvgIpc) is 3.07. The van der Waals surface area contributed by atoms with E-state index in [1.807, 2.05) is 66.7 Å². The lowest BCUT2D eigenvalue weighted by Crippen LogP contribution is -2.14. The van der Waals surface area contributed by atoms with Crippen LogP contribution in [0.2, 0.25) is 0 Å². The van der Waals surface area contributed by atoms with Gasteiger partial charge >= 0.3 is 0 Å². The molecule has 3 aromatic rings. The van der Waals surface area contributed by atoms with Gasteiger partial charge in [0.15, 0.2) is 0 Å². The zero-order valence-corrected chi connectivity index (χ0v) is 14.5. The molecule has 0 saturated carbocycles. The normalized spacial score (nSPS) is 10.6. The highest BCUT2D eigenvalue weighted by Crippen LogP contribution is 2.24. The van der Waals surface area contributed by atoms with Crippen LogP contribution in [0.1, 0.15) is 32.6 Å². The highest BCUT2D eigenvalue weighted by atomic mass is 16.1. The third-order valence-electron chi connectivity index (χ3n) is 4.05. The highest BCUT2D eigenvalue weighted by molar-refractivity contribution is 5.90. The van der Waals surface area contributed by atoms with E-state index < -0.39 is 0 Å². The van der Waals surface area contributed by atoms with Gasteiger partial charge in [0.1, 0.15) is 5.82 Å². The Morgan fingerprint density at radius 3 is 2.36 bits per heavy atom. The Kier molecular flexibility index (Phi) is 5.62. The molecule has 1 amide bonds. The molecule has 0 bridgehead atoms. The van der Waals surface area contributed by atoms with Crippen molar-refractivity contribution in [2.75, 3.05) is 5.32 Å². The van der Waals surface area contributed by atoms with Gasteiger partial charge in [0, 0.05) is 18.1 Å². The van der Waals surface area contributed by atoms with Crippen molar-refractivity contribution < 1.29 is 4.79 Å². The smallest absolute Gasteiger partial charge is 0.225 e. The minimum absolute atomic E-state index is 0.0325. The summed E-state index contributed by atoms with van der Waals surface area (Å²) < 4.78 is 1.79. The van der Waals surface area contributed by atoms with E-state index in [0.717, 1.165) is 36.2 Å². The van der Waals surface area contributed by atoms with Crippen LogP contribution in [-0.4, -0.2) is 15.7 Å². The van der Waals surface area contributed by atoms with Crippen molar-refractivity contribution in [2.45, 2.75) is 32.6 Å². The second kappa shape index (κ2) is 8.29. The van der Waals surface area contributed by atoms with Crippen LogP contribution in [0.3, 0.4) is 0 Å². The van der Waals surface area contributed by atoms with Gasteiger partial charge in [-0.2, -0.15) is 5.10 Å². The van der Waals surface area contributed by atoms with Crippen LogP contribution in [0.5, 0.6) is 0 Å². The first-order chi connectivity index (χ1) is 12.3. The lowest BCUT2D eigenvalue weighted by molar-refractivity contribution is -0.116. The summed E-state index contributed by atoms with van der Waals surface area (Å²) in [6.45, 7) is 2.13. The van der Waals surface area contributed by atoms with Gasteiger partial charge in [0.05, 0.1) is 11.4 Å². The molecule has 1 heterocycles. The second-order valence-electron chi connectivity index (χ2n) is 6.03. The minimum Gasteiger partial charge on any atom is -0.311 e. The third-order valence-corrected chi connectivity index (χ3v) is 4.05. The van der Waals surface area contributed by atoms with E-state index in [1.165, 1.54) is 0 Å². The first-order valence-electron chi connectivity index (χ1n) is 8.78. The molecule has 0 spiro atoms. The Labute approximate surface area is 148 Å². The van der Waals surface area contributed by atoms with Gasteiger partial charge in [-0.25, -0.2) is 4.68 Å². The first kappa shape index (κ1) is 17.0.